The lowest BCUT2D eigenvalue weighted by molar-refractivity contribution is -0.142. The molecular weight excluding hydrogens is 364 g/mol. The molecule has 0 aliphatic carbocycles. The quantitative estimate of drug-likeness (QED) is 0.713. The maximum absolute atomic E-state index is 12.9. The molecule has 2 amide bonds. The molecule has 6 heteroatoms. The Hall–Kier alpha value is -2.53. The summed E-state index contributed by atoms with van der Waals surface area (Å²) >= 11 is 5.95. The van der Waals surface area contributed by atoms with Crippen LogP contribution in [0.5, 0.6) is 5.75 Å². The molecule has 2 aromatic rings. The van der Waals surface area contributed by atoms with Crippen molar-refractivity contribution >= 4 is 23.4 Å². The van der Waals surface area contributed by atoms with Gasteiger partial charge in [0.15, 0.2) is 6.61 Å². The Kier molecular flexibility index (Phi) is 8.14. The maximum Gasteiger partial charge on any atom is 0.261 e. The second kappa shape index (κ2) is 10.6. The van der Waals surface area contributed by atoms with Crippen molar-refractivity contribution in [1.82, 2.24) is 10.2 Å². The number of nitrogens with zero attached hydrogens (tertiary/aromatic N) is 1. The average Bonchev–Trinajstić information content (AvgIpc) is 2.68. The van der Waals surface area contributed by atoms with E-state index in [9.17, 15) is 9.59 Å². The molecule has 144 valence electrons. The van der Waals surface area contributed by atoms with E-state index in [1.807, 2.05) is 44.2 Å². The molecule has 1 N–H and O–H groups in total. The first-order valence-corrected chi connectivity index (χ1v) is 9.42. The summed E-state index contributed by atoms with van der Waals surface area (Å²) in [7, 11) is 0. The lowest BCUT2D eigenvalue weighted by Crippen LogP contribution is -2.50. The molecule has 0 spiro atoms. The first-order chi connectivity index (χ1) is 13.0. The van der Waals surface area contributed by atoms with Gasteiger partial charge in [0, 0.05) is 18.1 Å². The summed E-state index contributed by atoms with van der Waals surface area (Å²) in [6.45, 7) is 4.44. The smallest absolute Gasteiger partial charge is 0.261 e. The number of rotatable bonds is 9. The van der Waals surface area contributed by atoms with Crippen LogP contribution in [-0.2, 0) is 16.1 Å². The zero-order chi connectivity index (χ0) is 19.6. The Bertz CT molecular complexity index is 735. The van der Waals surface area contributed by atoms with E-state index in [0.717, 1.165) is 5.56 Å². The third-order valence-electron chi connectivity index (χ3n) is 4.11. The molecule has 0 fully saturated rings. The lowest BCUT2D eigenvalue weighted by Gasteiger charge is -2.30. The van der Waals surface area contributed by atoms with Crippen LogP contribution in [0.1, 0.15) is 25.8 Å². The van der Waals surface area contributed by atoms with Crippen LogP contribution in [0.15, 0.2) is 54.6 Å². The molecule has 0 unspecified atom stereocenters. The molecule has 0 saturated heterocycles. The average molecular weight is 389 g/mol. The largest absolute Gasteiger partial charge is 0.484 e. The van der Waals surface area contributed by atoms with E-state index in [4.69, 9.17) is 16.3 Å². The van der Waals surface area contributed by atoms with Gasteiger partial charge < -0.3 is 15.0 Å². The number of amides is 2. The Labute approximate surface area is 165 Å². The van der Waals surface area contributed by atoms with E-state index in [1.54, 1.807) is 29.2 Å². The molecule has 0 bridgehead atoms. The highest BCUT2D eigenvalue weighted by Crippen LogP contribution is 2.16. The summed E-state index contributed by atoms with van der Waals surface area (Å²) in [6, 6.07) is 15.8. The Balaban J connectivity index is 2.17. The third-order valence-corrected chi connectivity index (χ3v) is 4.36. The van der Waals surface area contributed by atoms with Crippen LogP contribution in [0.25, 0.3) is 0 Å². The number of para-hydroxylation sites is 1. The van der Waals surface area contributed by atoms with Crippen molar-refractivity contribution in [1.29, 1.82) is 0 Å². The van der Waals surface area contributed by atoms with Crippen LogP contribution in [0.3, 0.4) is 0 Å². The molecular formula is C21H25ClN2O3. The minimum Gasteiger partial charge on any atom is -0.484 e. The minimum atomic E-state index is -0.562. The second-order valence-electron chi connectivity index (χ2n) is 6.07. The number of carbonyl (C=O) groups excluding carboxylic acids is 2. The summed E-state index contributed by atoms with van der Waals surface area (Å²) in [6.07, 6.45) is 0.510. The van der Waals surface area contributed by atoms with Crippen LogP contribution >= 0.6 is 11.6 Å². The van der Waals surface area contributed by atoms with Crippen LogP contribution in [0.4, 0.5) is 0 Å². The molecule has 0 heterocycles. The summed E-state index contributed by atoms with van der Waals surface area (Å²) in [5.74, 6) is 0.206. The van der Waals surface area contributed by atoms with Crippen molar-refractivity contribution in [2.24, 2.45) is 0 Å². The molecule has 27 heavy (non-hydrogen) atoms. The molecule has 2 rings (SSSR count). The van der Waals surface area contributed by atoms with Gasteiger partial charge in [0.2, 0.25) is 5.91 Å². The maximum atomic E-state index is 12.9. The highest BCUT2D eigenvalue weighted by molar-refractivity contribution is 6.30. The normalized spacial score (nSPS) is 11.5. The minimum absolute atomic E-state index is 0.131. The molecule has 5 nitrogen and oxygen atoms in total. The fraction of sp³-hybridized carbons (Fsp3) is 0.333. The van der Waals surface area contributed by atoms with Gasteiger partial charge in [-0.05, 0) is 43.2 Å². The monoisotopic (exact) mass is 388 g/mol. The number of likely N-dealkylation sites (N-methyl/N-ethyl adjacent to an activating group) is 1. The van der Waals surface area contributed by atoms with Crippen molar-refractivity contribution in [3.8, 4) is 5.75 Å². The first kappa shape index (κ1) is 20.8. The van der Waals surface area contributed by atoms with Crippen LogP contribution in [-0.4, -0.2) is 35.9 Å². The topological polar surface area (TPSA) is 58.6 Å². The van der Waals surface area contributed by atoms with Crippen LogP contribution < -0.4 is 10.1 Å². The molecule has 0 aliphatic heterocycles. The highest BCUT2D eigenvalue weighted by Gasteiger charge is 2.28. The number of hydrogen-bond donors (Lipinski definition) is 1. The molecule has 0 saturated carbocycles. The van der Waals surface area contributed by atoms with Gasteiger partial charge in [-0.3, -0.25) is 9.59 Å². The van der Waals surface area contributed by atoms with Gasteiger partial charge in [-0.25, -0.2) is 0 Å². The highest BCUT2D eigenvalue weighted by atomic mass is 35.5. The number of ether oxygens (including phenoxy) is 1. The predicted molar refractivity (Wildman–Crippen MR) is 107 cm³/mol. The van der Waals surface area contributed by atoms with Crippen molar-refractivity contribution in [2.45, 2.75) is 32.9 Å². The summed E-state index contributed by atoms with van der Waals surface area (Å²) in [4.78, 5) is 26.9. The Morgan fingerprint density at radius 2 is 1.74 bits per heavy atom. The summed E-state index contributed by atoms with van der Waals surface area (Å²) in [5, 5.41) is 3.43. The number of carbonyl (C=O) groups is 2. The van der Waals surface area contributed by atoms with Gasteiger partial charge in [0.05, 0.1) is 0 Å². The molecule has 0 radical (unpaired) electrons. The molecule has 0 aromatic heterocycles. The summed E-state index contributed by atoms with van der Waals surface area (Å²) < 4.78 is 5.60. The predicted octanol–water partition coefficient (Wildman–Crippen LogP) is 3.66. The molecule has 0 aliphatic rings. The van der Waals surface area contributed by atoms with E-state index in [2.05, 4.69) is 5.32 Å². The Morgan fingerprint density at radius 3 is 2.33 bits per heavy atom. The number of nitrogens with one attached hydrogen (secondary N) is 1. The van der Waals surface area contributed by atoms with Gasteiger partial charge >= 0.3 is 0 Å². The van der Waals surface area contributed by atoms with Crippen LogP contribution in [0, 0.1) is 0 Å². The van der Waals surface area contributed by atoms with Crippen molar-refractivity contribution in [3.05, 3.63) is 65.2 Å². The SMILES string of the molecule is CCNC(=O)[C@@H](CC)N(Cc1ccc(Cl)cc1)C(=O)COc1ccccc1. The van der Waals surface area contributed by atoms with E-state index < -0.39 is 6.04 Å². The fourth-order valence-electron chi connectivity index (χ4n) is 2.74. The van der Waals surface area contributed by atoms with E-state index in [0.29, 0.717) is 30.3 Å². The van der Waals surface area contributed by atoms with Gasteiger partial charge in [-0.1, -0.05) is 48.9 Å². The molecule has 2 aromatic carbocycles. The second-order valence-corrected chi connectivity index (χ2v) is 6.50. The zero-order valence-corrected chi connectivity index (χ0v) is 16.4. The number of halogens is 1. The molecule has 1 atom stereocenters. The van der Waals surface area contributed by atoms with Gasteiger partial charge in [-0.2, -0.15) is 0 Å². The standard InChI is InChI=1S/C21H25ClN2O3/c1-3-19(21(26)23-4-2)24(14-16-10-12-17(22)13-11-16)20(25)15-27-18-8-6-5-7-9-18/h5-13,19H,3-4,14-15H2,1-2H3,(H,23,26)/t19-/m1/s1. The fourth-order valence-corrected chi connectivity index (χ4v) is 2.87. The van der Waals surface area contributed by atoms with Crippen LogP contribution in [0.2, 0.25) is 5.02 Å². The van der Waals surface area contributed by atoms with Crippen molar-refractivity contribution in [2.75, 3.05) is 13.2 Å². The summed E-state index contributed by atoms with van der Waals surface area (Å²) in [5.41, 5.74) is 0.898. The first-order valence-electron chi connectivity index (χ1n) is 9.04. The van der Waals surface area contributed by atoms with E-state index >= 15 is 0 Å². The van der Waals surface area contributed by atoms with Crippen molar-refractivity contribution in [3.63, 3.8) is 0 Å². The number of hydrogen-bond acceptors (Lipinski definition) is 3. The zero-order valence-electron chi connectivity index (χ0n) is 15.7. The van der Waals surface area contributed by atoms with E-state index in [1.165, 1.54) is 0 Å². The van der Waals surface area contributed by atoms with Crippen molar-refractivity contribution < 1.29 is 14.3 Å². The Morgan fingerprint density at radius 1 is 1.07 bits per heavy atom. The van der Waals surface area contributed by atoms with Gasteiger partial charge in [0.1, 0.15) is 11.8 Å². The van der Waals surface area contributed by atoms with Gasteiger partial charge in [-0.15, -0.1) is 0 Å². The number of benzene rings is 2. The van der Waals surface area contributed by atoms with E-state index in [-0.39, 0.29) is 18.4 Å². The third kappa shape index (κ3) is 6.29. The lowest BCUT2D eigenvalue weighted by atomic mass is 10.1. The van der Waals surface area contributed by atoms with Gasteiger partial charge in [0.25, 0.3) is 5.91 Å².